The summed E-state index contributed by atoms with van der Waals surface area (Å²) < 4.78 is 41.1. The number of hydrogen-bond donors (Lipinski definition) is 1. The highest BCUT2D eigenvalue weighted by Gasteiger charge is 2.15. The highest BCUT2D eigenvalue weighted by molar-refractivity contribution is 7.92. The summed E-state index contributed by atoms with van der Waals surface area (Å²) in [5.41, 5.74) is 4.06. The van der Waals surface area contributed by atoms with E-state index < -0.39 is 10.0 Å². The van der Waals surface area contributed by atoms with E-state index in [2.05, 4.69) is 21.8 Å². The molecule has 0 saturated carbocycles. The first kappa shape index (κ1) is 27.7. The molecular weight excluding hydrogens is 550 g/mol. The molecule has 1 aliphatic rings. The van der Waals surface area contributed by atoms with Gasteiger partial charge < -0.3 is 9.47 Å². The molecule has 0 amide bonds. The molecule has 6 rings (SSSR count). The Bertz CT molecular complexity index is 1750. The average Bonchev–Trinajstić information content (AvgIpc) is 3.68. The number of rotatable bonds is 11. The number of nitrogens with one attached hydrogen (secondary N) is 1. The van der Waals surface area contributed by atoms with Gasteiger partial charge in [-0.25, -0.2) is 17.9 Å². The molecule has 216 valence electrons. The minimum Gasteiger partial charge on any atom is -0.497 e. The number of likely N-dealkylation sites (tertiary alicyclic amines) is 1. The van der Waals surface area contributed by atoms with Gasteiger partial charge in [-0.15, -0.1) is 0 Å². The predicted molar refractivity (Wildman–Crippen MR) is 163 cm³/mol. The Labute approximate surface area is 245 Å². The number of methoxy groups -OCH3 is 1. The maximum absolute atomic E-state index is 12.8. The lowest BCUT2D eigenvalue weighted by Crippen LogP contribution is -2.25. The van der Waals surface area contributed by atoms with Crippen LogP contribution in [0.1, 0.15) is 24.2 Å². The van der Waals surface area contributed by atoms with E-state index in [1.54, 1.807) is 24.3 Å². The zero-order valence-corrected chi connectivity index (χ0v) is 24.3. The van der Waals surface area contributed by atoms with Gasteiger partial charge in [-0.05, 0) is 92.2 Å². The van der Waals surface area contributed by atoms with Gasteiger partial charge in [0.05, 0.1) is 17.7 Å². The molecule has 1 fully saturated rings. The topological polar surface area (TPSA) is 98.1 Å². The van der Waals surface area contributed by atoms with Crippen LogP contribution >= 0.6 is 0 Å². The second-order valence-corrected chi connectivity index (χ2v) is 12.0. The Kier molecular flexibility index (Phi) is 8.07. The van der Waals surface area contributed by atoms with Gasteiger partial charge in [0.2, 0.25) is 0 Å². The van der Waals surface area contributed by atoms with Gasteiger partial charge in [0.25, 0.3) is 10.0 Å². The lowest BCUT2D eigenvalue weighted by molar-refractivity contribution is 0.238. The van der Waals surface area contributed by atoms with E-state index in [9.17, 15) is 8.42 Å². The van der Waals surface area contributed by atoms with Crippen molar-refractivity contribution in [1.82, 2.24) is 19.5 Å². The van der Waals surface area contributed by atoms with Gasteiger partial charge >= 0.3 is 0 Å². The number of ether oxygens (including phenoxy) is 2. The maximum Gasteiger partial charge on any atom is 0.261 e. The molecule has 0 radical (unpaired) electrons. The second kappa shape index (κ2) is 12.2. The van der Waals surface area contributed by atoms with Gasteiger partial charge in [0.15, 0.2) is 11.5 Å². The van der Waals surface area contributed by atoms with E-state index in [-0.39, 0.29) is 4.90 Å². The van der Waals surface area contributed by atoms with Crippen molar-refractivity contribution in [3.05, 3.63) is 102 Å². The fraction of sp³-hybridized carbons (Fsp3) is 0.250. The number of sulfonamides is 1. The minimum absolute atomic E-state index is 0.159. The molecule has 0 spiro atoms. The van der Waals surface area contributed by atoms with Crippen LogP contribution in [0.25, 0.3) is 16.9 Å². The largest absolute Gasteiger partial charge is 0.497 e. The molecule has 5 aromatic rings. The van der Waals surface area contributed by atoms with E-state index >= 15 is 0 Å². The van der Waals surface area contributed by atoms with Gasteiger partial charge in [-0.1, -0.05) is 30.3 Å². The lowest BCUT2D eigenvalue weighted by Gasteiger charge is -2.14. The molecule has 1 N–H and O–H groups in total. The van der Waals surface area contributed by atoms with Crippen molar-refractivity contribution in [2.45, 2.75) is 24.2 Å². The molecule has 3 aromatic carbocycles. The van der Waals surface area contributed by atoms with E-state index in [4.69, 9.17) is 19.6 Å². The Morgan fingerprint density at radius 3 is 2.29 bits per heavy atom. The first-order chi connectivity index (χ1) is 20.5. The summed E-state index contributed by atoms with van der Waals surface area (Å²) in [5.74, 6) is 2.18. The van der Waals surface area contributed by atoms with Crippen molar-refractivity contribution in [3.8, 4) is 22.8 Å². The molecule has 0 bridgehead atoms. The Balaban J connectivity index is 1.12. The SMILES string of the molecule is COc1ccc(S(=O)(=O)Nc2ccc(-c3cccc4nc(Cc5ccc(OCCN6CCCC6)cc5)nn34)cc2)cc1. The Morgan fingerprint density at radius 2 is 1.57 bits per heavy atom. The van der Waals surface area contributed by atoms with Crippen LogP contribution in [-0.4, -0.2) is 61.3 Å². The third kappa shape index (κ3) is 6.40. The molecular formula is C32H33N5O4S. The van der Waals surface area contributed by atoms with E-state index in [0.717, 1.165) is 34.8 Å². The second-order valence-electron chi connectivity index (χ2n) is 10.3. The van der Waals surface area contributed by atoms with Crippen LogP contribution in [0.3, 0.4) is 0 Å². The smallest absolute Gasteiger partial charge is 0.261 e. The number of pyridine rings is 1. The third-order valence-electron chi connectivity index (χ3n) is 7.37. The quantitative estimate of drug-likeness (QED) is 0.226. The van der Waals surface area contributed by atoms with Crippen molar-refractivity contribution in [2.24, 2.45) is 0 Å². The molecule has 0 unspecified atom stereocenters. The predicted octanol–water partition coefficient (Wildman–Crippen LogP) is 5.27. The number of aromatic nitrogens is 3. The number of nitrogens with zero attached hydrogens (tertiary/aromatic N) is 4. The van der Waals surface area contributed by atoms with Crippen LogP contribution in [0.2, 0.25) is 0 Å². The van der Waals surface area contributed by atoms with Crippen LogP contribution in [0.4, 0.5) is 5.69 Å². The van der Waals surface area contributed by atoms with Crippen molar-refractivity contribution < 1.29 is 17.9 Å². The Morgan fingerprint density at radius 1 is 0.857 bits per heavy atom. The standard InChI is InChI=1S/C32H33N5O4S/c1-40-27-15-17-29(18-16-27)42(38,39)35-26-11-9-25(10-12-26)30-5-4-6-32-33-31(34-37(30)32)23-24-7-13-28(14-8-24)41-22-21-36-19-2-3-20-36/h4-18,35H,2-3,19-23H2,1H3. The average molecular weight is 584 g/mol. The van der Waals surface area contributed by atoms with Crippen LogP contribution in [0.5, 0.6) is 11.5 Å². The first-order valence-electron chi connectivity index (χ1n) is 14.0. The van der Waals surface area contributed by atoms with Gasteiger partial charge in [-0.3, -0.25) is 9.62 Å². The normalized spacial score (nSPS) is 13.8. The molecule has 0 aliphatic carbocycles. The molecule has 9 nitrogen and oxygen atoms in total. The molecule has 1 saturated heterocycles. The molecule has 1 aliphatic heterocycles. The maximum atomic E-state index is 12.8. The zero-order chi connectivity index (χ0) is 28.9. The number of anilines is 1. The zero-order valence-electron chi connectivity index (χ0n) is 23.4. The van der Waals surface area contributed by atoms with Gasteiger partial charge in [0.1, 0.15) is 18.1 Å². The fourth-order valence-electron chi connectivity index (χ4n) is 5.11. The Hall–Kier alpha value is -4.41. The fourth-order valence-corrected chi connectivity index (χ4v) is 6.16. The molecule has 3 heterocycles. The summed E-state index contributed by atoms with van der Waals surface area (Å²) in [6.45, 7) is 4.02. The summed E-state index contributed by atoms with van der Waals surface area (Å²) in [4.78, 5) is 7.34. The van der Waals surface area contributed by atoms with E-state index in [1.165, 1.54) is 45.2 Å². The van der Waals surface area contributed by atoms with Crippen LogP contribution in [0, 0.1) is 0 Å². The number of fused-ring (bicyclic) bond motifs is 1. The van der Waals surface area contributed by atoms with E-state index in [0.29, 0.717) is 30.3 Å². The molecule has 42 heavy (non-hydrogen) atoms. The van der Waals surface area contributed by atoms with Crippen LogP contribution in [-0.2, 0) is 16.4 Å². The summed E-state index contributed by atoms with van der Waals surface area (Å²) >= 11 is 0. The molecule has 2 aromatic heterocycles. The van der Waals surface area contributed by atoms with Crippen LogP contribution < -0.4 is 14.2 Å². The number of hydrogen-bond acceptors (Lipinski definition) is 7. The molecule has 10 heteroatoms. The van der Waals surface area contributed by atoms with Gasteiger partial charge in [0, 0.05) is 24.2 Å². The lowest BCUT2D eigenvalue weighted by atomic mass is 10.1. The van der Waals surface area contributed by atoms with E-state index in [1.807, 2.05) is 47.0 Å². The van der Waals surface area contributed by atoms with Crippen molar-refractivity contribution in [1.29, 1.82) is 0 Å². The highest BCUT2D eigenvalue weighted by Crippen LogP contribution is 2.25. The summed E-state index contributed by atoms with van der Waals surface area (Å²) in [5, 5.41) is 4.78. The third-order valence-corrected chi connectivity index (χ3v) is 8.76. The monoisotopic (exact) mass is 583 g/mol. The van der Waals surface area contributed by atoms with Crippen LogP contribution in [0.15, 0.2) is 95.9 Å². The summed E-state index contributed by atoms with van der Waals surface area (Å²) in [6.07, 6.45) is 3.17. The first-order valence-corrected chi connectivity index (χ1v) is 15.5. The van der Waals surface area contributed by atoms with Crippen molar-refractivity contribution in [3.63, 3.8) is 0 Å². The highest BCUT2D eigenvalue weighted by atomic mass is 32.2. The number of benzene rings is 3. The molecule has 0 atom stereocenters. The minimum atomic E-state index is -3.73. The van der Waals surface area contributed by atoms with Crippen molar-refractivity contribution >= 4 is 21.4 Å². The summed E-state index contributed by atoms with van der Waals surface area (Å²) in [7, 11) is -2.19. The summed E-state index contributed by atoms with van der Waals surface area (Å²) in [6, 6.07) is 27.4. The van der Waals surface area contributed by atoms with Crippen molar-refractivity contribution in [2.75, 3.05) is 38.1 Å². The van der Waals surface area contributed by atoms with Gasteiger partial charge in [-0.2, -0.15) is 5.10 Å².